The van der Waals surface area contributed by atoms with Crippen LogP contribution < -0.4 is 21.7 Å². The van der Waals surface area contributed by atoms with Crippen LogP contribution in [0.25, 0.3) is 0 Å². The van der Waals surface area contributed by atoms with E-state index in [1.165, 1.54) is 6.92 Å². The quantitative estimate of drug-likeness (QED) is 0.370. The van der Waals surface area contributed by atoms with Crippen LogP contribution >= 0.6 is 11.3 Å². The lowest BCUT2D eigenvalue weighted by molar-refractivity contribution is -0.389. The Labute approximate surface area is 165 Å². The zero-order valence-corrected chi connectivity index (χ0v) is 16.5. The monoisotopic (exact) mass is 410 g/mol. The second-order valence-electron chi connectivity index (χ2n) is 5.47. The van der Waals surface area contributed by atoms with Gasteiger partial charge in [0, 0.05) is 25.7 Å². The molecule has 11 nitrogen and oxygen atoms in total. The van der Waals surface area contributed by atoms with E-state index in [0.717, 1.165) is 24.8 Å². The number of nitrogens with one attached hydrogen (secondary N) is 1. The third kappa shape index (κ3) is 6.09. The Morgan fingerprint density at radius 1 is 1.14 bits per heavy atom. The third-order valence-corrected chi connectivity index (χ3v) is 4.49. The lowest BCUT2D eigenvalue weighted by Crippen LogP contribution is -2.22. The Hall–Kier alpha value is -3.41. The summed E-state index contributed by atoms with van der Waals surface area (Å²) in [7, 11) is 0. The van der Waals surface area contributed by atoms with Gasteiger partial charge < -0.3 is 21.7 Å². The van der Waals surface area contributed by atoms with Crippen LogP contribution in [0.15, 0.2) is 24.3 Å². The number of amides is 1. The van der Waals surface area contributed by atoms with E-state index in [1.807, 2.05) is 18.2 Å². The van der Waals surface area contributed by atoms with Gasteiger partial charge in [0.05, 0.1) is 21.2 Å². The van der Waals surface area contributed by atoms with E-state index in [4.69, 9.17) is 11.5 Å². The summed E-state index contributed by atoms with van der Waals surface area (Å²) in [5, 5.41) is 22.6. The Kier molecular flexibility index (Phi) is 8.13. The van der Waals surface area contributed by atoms with Gasteiger partial charge in [0.1, 0.15) is 6.07 Å². The van der Waals surface area contributed by atoms with Crippen LogP contribution in [0.2, 0.25) is 0 Å². The Bertz CT molecular complexity index is 865. The summed E-state index contributed by atoms with van der Waals surface area (Å²) in [6.45, 7) is 7.53. The van der Waals surface area contributed by atoms with Crippen molar-refractivity contribution in [2.75, 3.05) is 34.8 Å². The molecule has 1 heterocycles. The molecule has 28 heavy (non-hydrogen) atoms. The van der Waals surface area contributed by atoms with Crippen molar-refractivity contribution in [1.82, 2.24) is 0 Å². The summed E-state index contributed by atoms with van der Waals surface area (Å²) in [5.41, 5.74) is 12.9. The number of nitrogen functional groups attached to an aromatic ring is 2. The molecule has 0 bridgehead atoms. The highest BCUT2D eigenvalue weighted by atomic mass is 32.1. The van der Waals surface area contributed by atoms with E-state index < -0.39 is 15.5 Å². The fourth-order valence-corrected chi connectivity index (χ4v) is 2.95. The van der Waals surface area contributed by atoms with Gasteiger partial charge in [-0.15, -0.1) is 0 Å². The SMILES string of the molecule is CCN(CC)c1ccc(N)c(NC(C)=O)c1.Nc1sc([N+](=O)[O-])cc1[N+](=O)[O-]. The minimum absolute atomic E-state index is 0.108. The maximum atomic E-state index is 11.0. The number of carbonyl (C=O) groups is 1. The molecule has 1 amide bonds. The van der Waals surface area contributed by atoms with Gasteiger partial charge in [-0.3, -0.25) is 25.0 Å². The first-order valence-electron chi connectivity index (χ1n) is 8.20. The van der Waals surface area contributed by atoms with Crippen molar-refractivity contribution in [3.05, 3.63) is 44.5 Å². The van der Waals surface area contributed by atoms with Gasteiger partial charge in [0.2, 0.25) is 5.91 Å². The summed E-state index contributed by atoms with van der Waals surface area (Å²) in [5.74, 6) is -0.108. The highest BCUT2D eigenvalue weighted by Gasteiger charge is 2.22. The second-order valence-corrected chi connectivity index (χ2v) is 6.54. The van der Waals surface area contributed by atoms with Gasteiger partial charge >= 0.3 is 10.7 Å². The summed E-state index contributed by atoms with van der Waals surface area (Å²) < 4.78 is 0. The summed E-state index contributed by atoms with van der Waals surface area (Å²) in [6, 6.07) is 6.54. The van der Waals surface area contributed by atoms with Crippen molar-refractivity contribution in [3.63, 3.8) is 0 Å². The van der Waals surface area contributed by atoms with E-state index in [2.05, 4.69) is 24.1 Å². The number of hydrogen-bond acceptors (Lipinski definition) is 9. The molecule has 0 saturated carbocycles. The molecule has 0 aliphatic carbocycles. The number of anilines is 4. The number of thiophene rings is 1. The van der Waals surface area contributed by atoms with E-state index in [1.54, 1.807) is 0 Å². The maximum Gasteiger partial charge on any atom is 0.333 e. The molecule has 0 spiro atoms. The second kappa shape index (κ2) is 10.1. The topological polar surface area (TPSA) is 171 Å². The van der Waals surface area contributed by atoms with Crippen LogP contribution in [0.3, 0.4) is 0 Å². The van der Waals surface area contributed by atoms with Crippen LogP contribution in [0.4, 0.5) is 32.8 Å². The normalized spacial score (nSPS) is 9.82. The molecule has 2 rings (SSSR count). The van der Waals surface area contributed by atoms with Crippen LogP contribution in [0, 0.1) is 20.2 Å². The van der Waals surface area contributed by atoms with E-state index in [9.17, 15) is 25.0 Å². The largest absolute Gasteiger partial charge is 0.397 e. The number of nitrogens with zero attached hydrogens (tertiary/aromatic N) is 3. The van der Waals surface area contributed by atoms with Crippen molar-refractivity contribution in [2.45, 2.75) is 20.8 Å². The molecule has 152 valence electrons. The molecule has 5 N–H and O–H groups in total. The number of benzene rings is 1. The van der Waals surface area contributed by atoms with Crippen LogP contribution in [0.1, 0.15) is 20.8 Å². The number of nitro groups is 2. The summed E-state index contributed by atoms with van der Waals surface area (Å²) in [6.07, 6.45) is 0. The molecular formula is C16H22N6O5S. The van der Waals surface area contributed by atoms with Crippen molar-refractivity contribution < 1.29 is 14.6 Å². The fourth-order valence-electron chi connectivity index (χ4n) is 2.24. The fraction of sp³-hybridized carbons (Fsp3) is 0.312. The zero-order valence-electron chi connectivity index (χ0n) is 15.7. The number of nitrogens with two attached hydrogens (primary N) is 2. The molecule has 2 aromatic rings. The first kappa shape index (κ1) is 22.6. The number of carbonyl (C=O) groups excluding carboxylic acids is 1. The van der Waals surface area contributed by atoms with Gasteiger partial charge in [-0.05, 0) is 43.4 Å². The molecular weight excluding hydrogens is 388 g/mol. The number of rotatable bonds is 6. The zero-order chi connectivity index (χ0) is 21.4. The molecule has 1 aromatic heterocycles. The predicted molar refractivity (Wildman–Crippen MR) is 111 cm³/mol. The van der Waals surface area contributed by atoms with E-state index >= 15 is 0 Å². The van der Waals surface area contributed by atoms with Crippen molar-refractivity contribution >= 4 is 50.0 Å². The van der Waals surface area contributed by atoms with Gasteiger partial charge in [0.25, 0.3) is 0 Å². The van der Waals surface area contributed by atoms with Crippen molar-refractivity contribution in [3.8, 4) is 0 Å². The molecule has 1 aromatic carbocycles. The van der Waals surface area contributed by atoms with Gasteiger partial charge in [-0.1, -0.05) is 0 Å². The molecule has 0 fully saturated rings. The minimum atomic E-state index is -0.751. The molecule has 0 atom stereocenters. The maximum absolute atomic E-state index is 11.0. The highest BCUT2D eigenvalue weighted by molar-refractivity contribution is 7.19. The van der Waals surface area contributed by atoms with Crippen LogP contribution in [-0.2, 0) is 4.79 Å². The van der Waals surface area contributed by atoms with Gasteiger partial charge in [-0.25, -0.2) is 0 Å². The first-order chi connectivity index (χ1) is 13.1. The Morgan fingerprint density at radius 2 is 1.75 bits per heavy atom. The van der Waals surface area contributed by atoms with Gasteiger partial charge in [-0.2, -0.15) is 0 Å². The molecule has 0 aliphatic rings. The average molecular weight is 410 g/mol. The standard InChI is InChI=1S/C12H19N3O.C4H3N3O4S/c1-4-15(5-2)10-6-7-11(13)12(8-10)14-9(3)16;5-4-2(6(8)9)1-3(12-4)7(10)11/h6-8H,4-5,13H2,1-3H3,(H,14,16);1H,5H2. The molecule has 0 aliphatic heterocycles. The van der Waals surface area contributed by atoms with Crippen molar-refractivity contribution in [2.24, 2.45) is 0 Å². The molecule has 0 radical (unpaired) electrons. The average Bonchev–Trinajstić information content (AvgIpc) is 3.01. The Morgan fingerprint density at radius 3 is 2.14 bits per heavy atom. The third-order valence-electron chi connectivity index (χ3n) is 3.58. The van der Waals surface area contributed by atoms with Crippen molar-refractivity contribution in [1.29, 1.82) is 0 Å². The van der Waals surface area contributed by atoms with Crippen LogP contribution in [0.5, 0.6) is 0 Å². The highest BCUT2D eigenvalue weighted by Crippen LogP contribution is 2.36. The smallest absolute Gasteiger partial charge is 0.333 e. The Balaban J connectivity index is 0.000000292. The predicted octanol–water partition coefficient (Wildman–Crippen LogP) is 3.22. The first-order valence-corrected chi connectivity index (χ1v) is 9.02. The lowest BCUT2D eigenvalue weighted by Gasteiger charge is -2.22. The minimum Gasteiger partial charge on any atom is -0.397 e. The summed E-state index contributed by atoms with van der Waals surface area (Å²) in [4.78, 5) is 32.0. The van der Waals surface area contributed by atoms with Gasteiger partial charge in [0.15, 0.2) is 5.00 Å². The van der Waals surface area contributed by atoms with E-state index in [0.29, 0.717) is 22.7 Å². The number of hydrogen-bond donors (Lipinski definition) is 3. The molecule has 12 heteroatoms. The molecule has 0 saturated heterocycles. The van der Waals surface area contributed by atoms with E-state index in [-0.39, 0.29) is 15.9 Å². The lowest BCUT2D eigenvalue weighted by atomic mass is 10.2. The molecule has 0 unspecified atom stereocenters. The van der Waals surface area contributed by atoms with Crippen LogP contribution in [-0.4, -0.2) is 28.8 Å². The summed E-state index contributed by atoms with van der Waals surface area (Å²) >= 11 is 0.588.